The van der Waals surface area contributed by atoms with Crippen molar-refractivity contribution in [3.05, 3.63) is 0 Å². The van der Waals surface area contributed by atoms with Crippen molar-refractivity contribution in [3.8, 4) is 0 Å². The summed E-state index contributed by atoms with van der Waals surface area (Å²) in [5.41, 5.74) is -1.20. The van der Waals surface area contributed by atoms with Crippen LogP contribution < -0.4 is 0 Å². The molecule has 0 radical (unpaired) electrons. The van der Waals surface area contributed by atoms with Gasteiger partial charge in [0, 0.05) is 12.3 Å². The second kappa shape index (κ2) is 7.89. The van der Waals surface area contributed by atoms with E-state index in [0.29, 0.717) is 18.4 Å². The van der Waals surface area contributed by atoms with Gasteiger partial charge in [0.25, 0.3) is 0 Å². The molecule has 1 aliphatic carbocycles. The van der Waals surface area contributed by atoms with E-state index in [-0.39, 0.29) is 36.3 Å². The lowest BCUT2D eigenvalue weighted by Gasteiger charge is -2.62. The van der Waals surface area contributed by atoms with Crippen LogP contribution in [0.5, 0.6) is 0 Å². The molecule has 7 saturated heterocycles. The summed E-state index contributed by atoms with van der Waals surface area (Å²) in [6.45, 7) is 17.0. The minimum absolute atomic E-state index is 0.137. The first kappa shape index (κ1) is 25.6. The molecule has 8 rings (SSSR count). The summed E-state index contributed by atoms with van der Waals surface area (Å²) in [5.74, 6) is -1.06. The Balaban J connectivity index is 1.30. The molecule has 7 aliphatic heterocycles. The SMILES string of the molecule is C[C@H]1[C@@H]([C@@]2(C)C(C3COC(C)(C)O3)OC3OC(C)(C)OC32)O[C@@H]2O[C@@]3(C)CC[C@H]4[C@H](C)CC[C@@H]1[C@@]24OO3. The first-order chi connectivity index (χ1) is 17.3. The van der Waals surface area contributed by atoms with Crippen molar-refractivity contribution in [1.82, 2.24) is 0 Å². The average molecular weight is 525 g/mol. The van der Waals surface area contributed by atoms with Gasteiger partial charge in [-0.1, -0.05) is 20.8 Å². The van der Waals surface area contributed by atoms with E-state index in [1.165, 1.54) is 0 Å². The summed E-state index contributed by atoms with van der Waals surface area (Å²) in [4.78, 5) is 12.4. The van der Waals surface area contributed by atoms with Gasteiger partial charge in [0.1, 0.15) is 12.2 Å². The highest BCUT2D eigenvalue weighted by Crippen LogP contribution is 2.64. The Kier molecular flexibility index (Phi) is 5.46. The summed E-state index contributed by atoms with van der Waals surface area (Å²) >= 11 is 0. The fraction of sp³-hybridized carbons (Fsp3) is 1.00. The Hall–Kier alpha value is -0.360. The number of fused-ring (bicyclic) bond motifs is 3. The molecule has 0 N–H and O–H groups in total. The zero-order valence-electron chi connectivity index (χ0n) is 23.5. The second-order valence-electron chi connectivity index (χ2n) is 14.0. The summed E-state index contributed by atoms with van der Waals surface area (Å²) in [5, 5.41) is 0. The lowest BCUT2D eigenvalue weighted by atomic mass is 9.54. The molecular weight excluding hydrogens is 480 g/mol. The maximum atomic E-state index is 7.12. The fourth-order valence-corrected chi connectivity index (χ4v) is 9.00. The van der Waals surface area contributed by atoms with E-state index in [1.54, 1.807) is 0 Å². The van der Waals surface area contributed by atoms with E-state index in [4.69, 9.17) is 42.9 Å². The summed E-state index contributed by atoms with van der Waals surface area (Å²) in [7, 11) is 0. The van der Waals surface area contributed by atoms with Crippen LogP contribution in [0.3, 0.4) is 0 Å². The molecule has 7 heterocycles. The van der Waals surface area contributed by atoms with Crippen LogP contribution in [-0.4, -0.2) is 66.6 Å². The summed E-state index contributed by atoms with van der Waals surface area (Å²) < 4.78 is 45.6. The topological polar surface area (TPSA) is 83.1 Å². The Morgan fingerprint density at radius 2 is 1.46 bits per heavy atom. The molecule has 8 aliphatic rings. The van der Waals surface area contributed by atoms with Gasteiger partial charge in [0.2, 0.25) is 5.79 Å². The van der Waals surface area contributed by atoms with Crippen molar-refractivity contribution < 1.29 is 42.9 Å². The third-order valence-electron chi connectivity index (χ3n) is 10.7. The van der Waals surface area contributed by atoms with Gasteiger partial charge in [0.05, 0.1) is 24.2 Å². The van der Waals surface area contributed by atoms with Crippen LogP contribution in [0.15, 0.2) is 0 Å². The highest BCUT2D eigenvalue weighted by atomic mass is 17.3. The largest absolute Gasteiger partial charge is 0.348 e. The van der Waals surface area contributed by atoms with Gasteiger partial charge in [-0.25, -0.2) is 9.78 Å². The van der Waals surface area contributed by atoms with Crippen LogP contribution in [0.25, 0.3) is 0 Å². The zero-order chi connectivity index (χ0) is 26.2. The maximum Gasteiger partial charge on any atom is 0.201 e. The van der Waals surface area contributed by atoms with Crippen molar-refractivity contribution in [2.24, 2.45) is 29.1 Å². The standard InChI is InChI=1S/C28H44O9/c1-14-9-10-17-15(2)19(31-23-28(17)16(14)11-12-26(7,35-23)36-37-28)27(8)20(18-13-29-24(3,4)32-18)30-22-21(27)33-25(5,6)34-22/h14-23H,9-13H2,1-8H3/t14-,15-,16+,17+,18?,19+,20?,21?,22?,23-,26-,27+,28-/m1/s1. The Bertz CT molecular complexity index is 941. The molecule has 0 amide bonds. The second-order valence-corrected chi connectivity index (χ2v) is 14.0. The van der Waals surface area contributed by atoms with Crippen molar-refractivity contribution in [2.75, 3.05) is 6.61 Å². The summed E-state index contributed by atoms with van der Waals surface area (Å²) in [6, 6.07) is 0. The molecule has 9 nitrogen and oxygen atoms in total. The van der Waals surface area contributed by atoms with Crippen molar-refractivity contribution >= 4 is 0 Å². The molecule has 37 heavy (non-hydrogen) atoms. The van der Waals surface area contributed by atoms with Crippen LogP contribution in [0, 0.1) is 29.1 Å². The third kappa shape index (κ3) is 3.48. The number of hydrogen-bond donors (Lipinski definition) is 0. The van der Waals surface area contributed by atoms with E-state index in [0.717, 1.165) is 25.7 Å². The van der Waals surface area contributed by atoms with Crippen LogP contribution in [0.4, 0.5) is 0 Å². The lowest BCUT2D eigenvalue weighted by Crippen LogP contribution is -2.73. The Labute approximate surface area is 220 Å². The maximum absolute atomic E-state index is 7.12. The monoisotopic (exact) mass is 524 g/mol. The van der Waals surface area contributed by atoms with Gasteiger partial charge in [-0.05, 0) is 71.6 Å². The van der Waals surface area contributed by atoms with Crippen molar-refractivity contribution in [2.45, 2.75) is 141 Å². The van der Waals surface area contributed by atoms with E-state index >= 15 is 0 Å². The van der Waals surface area contributed by atoms with Gasteiger partial charge in [0.15, 0.2) is 29.8 Å². The quantitative estimate of drug-likeness (QED) is 0.492. The van der Waals surface area contributed by atoms with Crippen LogP contribution in [0.2, 0.25) is 0 Å². The molecule has 0 aromatic heterocycles. The molecule has 0 aromatic rings. The number of hydrogen-bond acceptors (Lipinski definition) is 9. The first-order valence-electron chi connectivity index (χ1n) is 14.3. The first-order valence-corrected chi connectivity index (χ1v) is 14.3. The van der Waals surface area contributed by atoms with Crippen LogP contribution in [0.1, 0.15) is 81.1 Å². The molecule has 0 aromatic carbocycles. The zero-order valence-corrected chi connectivity index (χ0v) is 23.5. The van der Waals surface area contributed by atoms with E-state index in [1.807, 2.05) is 34.6 Å². The highest BCUT2D eigenvalue weighted by molar-refractivity contribution is 5.16. The smallest absolute Gasteiger partial charge is 0.201 e. The van der Waals surface area contributed by atoms with Gasteiger partial charge in [-0.2, -0.15) is 0 Å². The van der Waals surface area contributed by atoms with E-state index < -0.39 is 41.0 Å². The molecule has 210 valence electrons. The molecular formula is C28H44O9. The lowest BCUT2D eigenvalue weighted by molar-refractivity contribution is -0.573. The van der Waals surface area contributed by atoms with E-state index in [2.05, 4.69) is 20.8 Å². The third-order valence-corrected chi connectivity index (χ3v) is 10.7. The van der Waals surface area contributed by atoms with Crippen LogP contribution >= 0.6 is 0 Å². The van der Waals surface area contributed by atoms with Crippen molar-refractivity contribution in [3.63, 3.8) is 0 Å². The number of ether oxygens (including phenoxy) is 7. The Morgan fingerprint density at radius 1 is 0.676 bits per heavy atom. The van der Waals surface area contributed by atoms with Crippen molar-refractivity contribution in [1.29, 1.82) is 0 Å². The van der Waals surface area contributed by atoms with Gasteiger partial charge < -0.3 is 33.2 Å². The highest BCUT2D eigenvalue weighted by Gasteiger charge is 2.74. The molecule has 1 spiro atoms. The average Bonchev–Trinajstić information content (AvgIpc) is 3.34. The van der Waals surface area contributed by atoms with Gasteiger partial charge in [-0.15, -0.1) is 0 Å². The predicted octanol–water partition coefficient (Wildman–Crippen LogP) is 4.27. The minimum Gasteiger partial charge on any atom is -0.348 e. The molecule has 2 bridgehead atoms. The van der Waals surface area contributed by atoms with Gasteiger partial charge in [-0.3, -0.25) is 0 Å². The molecule has 8 fully saturated rings. The summed E-state index contributed by atoms with van der Waals surface area (Å²) in [6.07, 6.45) is 1.78. The molecule has 9 heteroatoms. The fourth-order valence-electron chi connectivity index (χ4n) is 9.00. The molecule has 1 saturated carbocycles. The van der Waals surface area contributed by atoms with E-state index in [9.17, 15) is 0 Å². The minimum atomic E-state index is -0.820. The molecule has 4 unspecified atom stereocenters. The number of rotatable bonds is 2. The normalized spacial score (nSPS) is 59.7. The van der Waals surface area contributed by atoms with Crippen LogP contribution in [-0.2, 0) is 42.9 Å². The van der Waals surface area contributed by atoms with Gasteiger partial charge >= 0.3 is 0 Å². The Morgan fingerprint density at radius 3 is 2.19 bits per heavy atom. The predicted molar refractivity (Wildman–Crippen MR) is 129 cm³/mol. The molecule has 13 atom stereocenters.